The summed E-state index contributed by atoms with van der Waals surface area (Å²) < 4.78 is 0. The van der Waals surface area contributed by atoms with Crippen LogP contribution >= 0.6 is 15.9 Å². The molecule has 0 aliphatic rings. The molecule has 0 spiro atoms. The van der Waals surface area contributed by atoms with E-state index in [1.165, 1.54) is 19.9 Å². The molecule has 0 fully saturated rings. The summed E-state index contributed by atoms with van der Waals surface area (Å²) in [6.07, 6.45) is 1.23. The summed E-state index contributed by atoms with van der Waals surface area (Å²) in [5, 5.41) is 7.89. The van der Waals surface area contributed by atoms with Crippen LogP contribution in [0.1, 0.15) is 20.3 Å². The van der Waals surface area contributed by atoms with Crippen LogP contribution in [0.2, 0.25) is 0 Å². The number of hydrogen-bond donors (Lipinski definition) is 1. The lowest BCUT2D eigenvalue weighted by Gasteiger charge is -2.09. The highest BCUT2D eigenvalue weighted by Crippen LogP contribution is 2.02. The van der Waals surface area contributed by atoms with E-state index in [0.717, 1.165) is 0 Å². The van der Waals surface area contributed by atoms with Gasteiger partial charge in [0.05, 0.1) is 0 Å². The average molecular weight is 266 g/mol. The average Bonchev–Trinajstić information content (AvgIpc) is 2.01. The van der Waals surface area contributed by atoms with Gasteiger partial charge in [-0.3, -0.25) is 0 Å². The maximum Gasteiger partial charge on any atom is 0.330 e. The van der Waals surface area contributed by atoms with Gasteiger partial charge in [-0.15, -0.1) is 0 Å². The first-order chi connectivity index (χ1) is 6.27. The Bertz CT molecular complexity index is 159. The van der Waals surface area contributed by atoms with E-state index in [9.17, 15) is 4.79 Å². The number of carbonyl (C=O) groups is 1. The van der Waals surface area contributed by atoms with Crippen LogP contribution in [0.3, 0.4) is 0 Å². The van der Waals surface area contributed by atoms with Crippen molar-refractivity contribution in [3.63, 3.8) is 0 Å². The number of halogens is 1. The summed E-state index contributed by atoms with van der Waals surface area (Å²) in [5.41, 5.74) is 0.176. The Kier molecular flexibility index (Phi) is 10.6. The third kappa shape index (κ3) is 17.7. The predicted molar refractivity (Wildman–Crippen MR) is 64.0 cm³/mol. The van der Waals surface area contributed by atoms with Crippen molar-refractivity contribution in [3.05, 3.63) is 12.2 Å². The van der Waals surface area contributed by atoms with Crippen LogP contribution < -0.4 is 0 Å². The van der Waals surface area contributed by atoms with E-state index in [-0.39, 0.29) is 5.57 Å². The Morgan fingerprint density at radius 3 is 2.00 bits per heavy atom. The second-order valence-corrected chi connectivity index (χ2v) is 5.02. The molecule has 0 saturated carbocycles. The Balaban J connectivity index is 0. The van der Waals surface area contributed by atoms with Crippen molar-refractivity contribution in [2.24, 2.45) is 0 Å². The maximum atomic E-state index is 9.60. The first-order valence-corrected chi connectivity index (χ1v) is 5.36. The Morgan fingerprint density at radius 2 is 1.93 bits per heavy atom. The molecule has 84 valence electrons. The third-order valence-corrected chi connectivity index (χ3v) is 1.80. The summed E-state index contributed by atoms with van der Waals surface area (Å²) in [4.78, 5) is 12.4. The molecule has 0 amide bonds. The second-order valence-electron chi connectivity index (χ2n) is 3.46. The minimum atomic E-state index is -0.935. The molecule has 3 nitrogen and oxygen atoms in total. The molecular formula is C10H20BrNO2. The molecule has 0 saturated heterocycles. The van der Waals surface area contributed by atoms with Crippen LogP contribution in [0, 0.1) is 0 Å². The molecule has 0 aromatic carbocycles. The van der Waals surface area contributed by atoms with Gasteiger partial charge in [0.25, 0.3) is 0 Å². The van der Waals surface area contributed by atoms with Crippen molar-refractivity contribution in [2.45, 2.75) is 25.1 Å². The molecule has 0 bridgehead atoms. The molecule has 0 aliphatic carbocycles. The van der Waals surface area contributed by atoms with E-state index < -0.39 is 5.97 Å². The maximum absolute atomic E-state index is 9.60. The van der Waals surface area contributed by atoms with Gasteiger partial charge in [-0.2, -0.15) is 0 Å². The number of carboxylic acid groups (broad SMARTS) is 1. The molecule has 4 heteroatoms. The summed E-state index contributed by atoms with van der Waals surface area (Å²) in [6, 6.07) is 0. The van der Waals surface area contributed by atoms with E-state index in [4.69, 9.17) is 5.11 Å². The number of alkyl halides is 1. The Hall–Kier alpha value is -0.350. The van der Waals surface area contributed by atoms with Crippen LogP contribution in [0.4, 0.5) is 0 Å². The van der Waals surface area contributed by atoms with Gasteiger partial charge < -0.3 is 10.0 Å². The smallest absolute Gasteiger partial charge is 0.330 e. The molecule has 1 atom stereocenters. The molecular weight excluding hydrogens is 246 g/mol. The number of carboxylic acids is 1. The molecule has 0 aromatic heterocycles. The lowest BCUT2D eigenvalue weighted by atomic mass is 10.3. The monoisotopic (exact) mass is 265 g/mol. The molecule has 0 aromatic rings. The largest absolute Gasteiger partial charge is 0.478 e. The zero-order valence-electron chi connectivity index (χ0n) is 9.38. The fraction of sp³-hybridized carbons (Fsp3) is 0.700. The highest BCUT2D eigenvalue weighted by molar-refractivity contribution is 9.09. The normalized spacial score (nSPS) is 11.6. The number of nitrogens with zero attached hydrogens (tertiary/aromatic N) is 1. The molecule has 14 heavy (non-hydrogen) atoms. The second kappa shape index (κ2) is 9.21. The molecule has 1 unspecified atom stereocenters. The topological polar surface area (TPSA) is 40.5 Å². The van der Waals surface area contributed by atoms with Crippen LogP contribution in [-0.2, 0) is 4.79 Å². The fourth-order valence-corrected chi connectivity index (χ4v) is 0.641. The van der Waals surface area contributed by atoms with Gasteiger partial charge in [-0.05, 0) is 34.0 Å². The lowest BCUT2D eigenvalue weighted by Crippen LogP contribution is -2.15. The molecule has 1 N–H and O–H groups in total. The summed E-state index contributed by atoms with van der Waals surface area (Å²) in [5.74, 6) is -0.935. The Morgan fingerprint density at radius 1 is 1.57 bits per heavy atom. The van der Waals surface area contributed by atoms with Crippen LogP contribution in [0.5, 0.6) is 0 Å². The molecule has 0 rings (SSSR count). The van der Waals surface area contributed by atoms with Gasteiger partial charge >= 0.3 is 5.97 Å². The zero-order chi connectivity index (χ0) is 11.7. The number of hydrogen-bond acceptors (Lipinski definition) is 2. The fourth-order valence-electron chi connectivity index (χ4n) is 0.436. The molecule has 0 radical (unpaired) electrons. The van der Waals surface area contributed by atoms with Crippen molar-refractivity contribution in [2.75, 3.05) is 20.6 Å². The van der Waals surface area contributed by atoms with Crippen molar-refractivity contribution >= 4 is 21.9 Å². The van der Waals surface area contributed by atoms with Crippen molar-refractivity contribution in [3.8, 4) is 0 Å². The minimum Gasteiger partial charge on any atom is -0.478 e. The first-order valence-electron chi connectivity index (χ1n) is 4.45. The van der Waals surface area contributed by atoms with Crippen molar-refractivity contribution < 1.29 is 9.90 Å². The van der Waals surface area contributed by atoms with E-state index >= 15 is 0 Å². The predicted octanol–water partition coefficient (Wildman–Crippen LogP) is 2.37. The summed E-state index contributed by atoms with van der Waals surface area (Å²) >= 11 is 3.48. The molecule has 0 heterocycles. The van der Waals surface area contributed by atoms with E-state index in [1.807, 2.05) is 0 Å². The van der Waals surface area contributed by atoms with Gasteiger partial charge in [0.1, 0.15) is 0 Å². The quantitative estimate of drug-likeness (QED) is 0.627. The zero-order valence-corrected chi connectivity index (χ0v) is 11.0. The highest BCUT2D eigenvalue weighted by Gasteiger charge is 1.94. The third-order valence-electron chi connectivity index (χ3n) is 1.34. The number of rotatable bonds is 4. The highest BCUT2D eigenvalue weighted by atomic mass is 79.9. The molecule has 0 aliphatic heterocycles. The van der Waals surface area contributed by atoms with Crippen LogP contribution in [0.25, 0.3) is 0 Å². The van der Waals surface area contributed by atoms with Gasteiger partial charge in [0.2, 0.25) is 0 Å². The number of aliphatic carboxylic acids is 1. The van der Waals surface area contributed by atoms with Gasteiger partial charge in [-0.1, -0.05) is 29.4 Å². The summed E-state index contributed by atoms with van der Waals surface area (Å²) in [7, 11) is 4.19. The SMILES string of the molecule is C=C(C)C(=O)O.CC(Br)CCN(C)C. The van der Waals surface area contributed by atoms with Crippen LogP contribution in [0.15, 0.2) is 12.2 Å². The van der Waals surface area contributed by atoms with Crippen molar-refractivity contribution in [1.82, 2.24) is 4.90 Å². The van der Waals surface area contributed by atoms with Crippen molar-refractivity contribution in [1.29, 1.82) is 0 Å². The lowest BCUT2D eigenvalue weighted by molar-refractivity contribution is -0.132. The summed E-state index contributed by atoms with van der Waals surface area (Å²) in [6.45, 7) is 7.95. The van der Waals surface area contributed by atoms with Crippen LogP contribution in [-0.4, -0.2) is 41.4 Å². The van der Waals surface area contributed by atoms with E-state index in [0.29, 0.717) is 4.83 Å². The van der Waals surface area contributed by atoms with Gasteiger partial charge in [-0.25, -0.2) is 4.79 Å². The Labute approximate surface area is 94.9 Å². The van der Waals surface area contributed by atoms with E-state index in [2.05, 4.69) is 48.4 Å². The van der Waals surface area contributed by atoms with Gasteiger partial charge in [0.15, 0.2) is 0 Å². The van der Waals surface area contributed by atoms with E-state index in [1.54, 1.807) is 0 Å². The van der Waals surface area contributed by atoms with Gasteiger partial charge in [0, 0.05) is 10.4 Å². The first kappa shape index (κ1) is 16.1. The standard InChI is InChI=1S/C6H14BrN.C4H6O2/c1-6(7)4-5-8(2)3;1-3(2)4(5)6/h6H,4-5H2,1-3H3;1H2,2H3,(H,5,6). The minimum absolute atomic E-state index is 0.176.